The van der Waals surface area contributed by atoms with Gasteiger partial charge in [0.25, 0.3) is 0 Å². The molecule has 66 valence electrons. The van der Waals surface area contributed by atoms with Crippen LogP contribution in [0.4, 0.5) is 5.95 Å². The Labute approximate surface area is 69.8 Å². The van der Waals surface area contributed by atoms with Crippen molar-refractivity contribution < 1.29 is 4.79 Å². The summed E-state index contributed by atoms with van der Waals surface area (Å²) in [5.74, 6) is 0.205. The molecule has 0 aliphatic rings. The lowest BCUT2D eigenvalue weighted by atomic mass is 10.4. The first-order valence-corrected chi connectivity index (χ1v) is 3.58. The third-order valence-electron chi connectivity index (χ3n) is 1.40. The number of hydrogen-bond acceptors (Lipinski definition) is 4. The maximum absolute atomic E-state index is 10.8. The minimum atomic E-state index is -0.0240. The van der Waals surface area contributed by atoms with E-state index in [4.69, 9.17) is 5.73 Å². The highest BCUT2D eigenvalue weighted by Crippen LogP contribution is 1.91. The SMILES string of the molecule is CNC(=O)CCn1cnc(N)n1. The van der Waals surface area contributed by atoms with Gasteiger partial charge in [0.1, 0.15) is 6.33 Å². The molecule has 1 heterocycles. The third-order valence-corrected chi connectivity index (χ3v) is 1.40. The van der Waals surface area contributed by atoms with Gasteiger partial charge >= 0.3 is 0 Å². The smallest absolute Gasteiger partial charge is 0.239 e. The normalized spacial score (nSPS) is 9.75. The molecular weight excluding hydrogens is 158 g/mol. The Morgan fingerprint density at radius 1 is 1.83 bits per heavy atom. The summed E-state index contributed by atoms with van der Waals surface area (Å²) in [6.45, 7) is 0.504. The fourth-order valence-electron chi connectivity index (χ4n) is 0.758. The Morgan fingerprint density at radius 3 is 3.08 bits per heavy atom. The number of nitrogen functional groups attached to an aromatic ring is 1. The second-order valence-corrected chi connectivity index (χ2v) is 2.29. The topological polar surface area (TPSA) is 85.8 Å². The number of nitrogens with zero attached hydrogens (tertiary/aromatic N) is 3. The van der Waals surface area contributed by atoms with Gasteiger partial charge < -0.3 is 11.1 Å². The average Bonchev–Trinajstić information content (AvgIpc) is 2.47. The summed E-state index contributed by atoms with van der Waals surface area (Å²) in [7, 11) is 1.60. The lowest BCUT2D eigenvalue weighted by Gasteiger charge is -1.98. The van der Waals surface area contributed by atoms with Gasteiger partial charge in [-0.05, 0) is 0 Å². The molecule has 1 rings (SSSR count). The standard InChI is InChI=1S/C6H11N5O/c1-8-5(12)2-3-11-4-9-6(7)10-11/h4H,2-3H2,1H3,(H2,7,10)(H,8,12). The van der Waals surface area contributed by atoms with Crippen LogP contribution in [0.15, 0.2) is 6.33 Å². The molecule has 3 N–H and O–H groups in total. The van der Waals surface area contributed by atoms with Crippen molar-refractivity contribution in [3.63, 3.8) is 0 Å². The van der Waals surface area contributed by atoms with E-state index < -0.39 is 0 Å². The molecule has 0 spiro atoms. The highest BCUT2D eigenvalue weighted by molar-refractivity contribution is 5.75. The second-order valence-electron chi connectivity index (χ2n) is 2.29. The van der Waals surface area contributed by atoms with Crippen molar-refractivity contribution in [3.05, 3.63) is 6.33 Å². The van der Waals surface area contributed by atoms with Gasteiger partial charge in [0, 0.05) is 13.5 Å². The number of aromatic nitrogens is 3. The van der Waals surface area contributed by atoms with Gasteiger partial charge in [-0.15, -0.1) is 5.10 Å². The van der Waals surface area contributed by atoms with Crippen LogP contribution in [0.1, 0.15) is 6.42 Å². The van der Waals surface area contributed by atoms with E-state index in [-0.39, 0.29) is 11.9 Å². The fraction of sp³-hybridized carbons (Fsp3) is 0.500. The van der Waals surface area contributed by atoms with E-state index in [1.54, 1.807) is 7.05 Å². The van der Waals surface area contributed by atoms with Crippen LogP contribution in [0.5, 0.6) is 0 Å². The van der Waals surface area contributed by atoms with Crippen LogP contribution in [0.2, 0.25) is 0 Å². The third kappa shape index (κ3) is 2.22. The van der Waals surface area contributed by atoms with E-state index in [0.717, 1.165) is 0 Å². The molecule has 1 aromatic heterocycles. The summed E-state index contributed by atoms with van der Waals surface area (Å²) in [6.07, 6.45) is 1.89. The number of nitrogens with two attached hydrogens (primary N) is 1. The second kappa shape index (κ2) is 3.70. The summed E-state index contributed by atoms with van der Waals surface area (Å²) < 4.78 is 1.53. The monoisotopic (exact) mass is 169 g/mol. The quantitative estimate of drug-likeness (QED) is 0.607. The van der Waals surface area contributed by atoms with Crippen molar-refractivity contribution in [2.24, 2.45) is 0 Å². The molecule has 0 bridgehead atoms. The zero-order valence-electron chi connectivity index (χ0n) is 6.82. The van der Waals surface area contributed by atoms with Crippen LogP contribution < -0.4 is 11.1 Å². The molecule has 6 heteroatoms. The van der Waals surface area contributed by atoms with Crippen molar-refractivity contribution in [2.45, 2.75) is 13.0 Å². The molecule has 0 aliphatic heterocycles. The molecular formula is C6H11N5O. The molecule has 6 nitrogen and oxygen atoms in total. The van der Waals surface area contributed by atoms with Crippen LogP contribution in [0.3, 0.4) is 0 Å². The zero-order valence-corrected chi connectivity index (χ0v) is 6.82. The molecule has 0 saturated carbocycles. The molecule has 12 heavy (non-hydrogen) atoms. The van der Waals surface area contributed by atoms with Gasteiger partial charge in [-0.25, -0.2) is 4.98 Å². The van der Waals surface area contributed by atoms with Gasteiger partial charge in [0.05, 0.1) is 6.54 Å². The predicted molar refractivity (Wildman–Crippen MR) is 43.1 cm³/mol. The van der Waals surface area contributed by atoms with Crippen LogP contribution in [0, 0.1) is 0 Å². The molecule has 1 amide bonds. The minimum absolute atomic E-state index is 0.0240. The van der Waals surface area contributed by atoms with Gasteiger partial charge in [-0.2, -0.15) is 0 Å². The average molecular weight is 169 g/mol. The Hall–Kier alpha value is -1.59. The lowest BCUT2D eigenvalue weighted by molar-refractivity contribution is -0.120. The number of carbonyl (C=O) groups is 1. The molecule has 0 saturated heterocycles. The van der Waals surface area contributed by atoms with E-state index >= 15 is 0 Å². The van der Waals surface area contributed by atoms with E-state index in [2.05, 4.69) is 15.4 Å². The molecule has 0 unspecified atom stereocenters. The number of rotatable bonds is 3. The Kier molecular flexibility index (Phi) is 2.62. The van der Waals surface area contributed by atoms with Crippen LogP contribution >= 0.6 is 0 Å². The number of hydrogen-bond donors (Lipinski definition) is 2. The first-order chi connectivity index (χ1) is 5.72. The van der Waals surface area contributed by atoms with E-state index in [9.17, 15) is 4.79 Å². The summed E-state index contributed by atoms with van der Waals surface area (Å²) in [4.78, 5) is 14.5. The summed E-state index contributed by atoms with van der Waals surface area (Å²) in [5, 5.41) is 6.33. The molecule has 0 aliphatic carbocycles. The van der Waals surface area contributed by atoms with Crippen molar-refractivity contribution in [3.8, 4) is 0 Å². The maximum Gasteiger partial charge on any atom is 0.239 e. The molecule has 0 radical (unpaired) electrons. The molecule has 0 fully saturated rings. The Morgan fingerprint density at radius 2 is 2.58 bits per heavy atom. The van der Waals surface area contributed by atoms with Gasteiger partial charge in [0.2, 0.25) is 11.9 Å². The highest BCUT2D eigenvalue weighted by Gasteiger charge is 1.99. The summed E-state index contributed by atoms with van der Waals surface area (Å²) in [6, 6.07) is 0. The van der Waals surface area contributed by atoms with Gasteiger partial charge in [0.15, 0.2) is 0 Å². The lowest BCUT2D eigenvalue weighted by Crippen LogP contribution is -2.19. The Bertz CT molecular complexity index is 269. The number of amides is 1. The van der Waals surface area contributed by atoms with Crippen LogP contribution in [-0.4, -0.2) is 27.7 Å². The fourth-order valence-corrected chi connectivity index (χ4v) is 0.758. The predicted octanol–water partition coefficient (Wildman–Crippen LogP) is -1.00. The van der Waals surface area contributed by atoms with Gasteiger partial charge in [-0.3, -0.25) is 9.48 Å². The molecule has 0 atom stereocenters. The Balaban J connectivity index is 2.38. The maximum atomic E-state index is 10.8. The first kappa shape index (κ1) is 8.51. The van der Waals surface area contributed by atoms with Crippen LogP contribution in [-0.2, 0) is 11.3 Å². The first-order valence-electron chi connectivity index (χ1n) is 3.58. The van der Waals surface area contributed by atoms with Crippen molar-refractivity contribution in [2.75, 3.05) is 12.8 Å². The molecule has 1 aromatic rings. The minimum Gasteiger partial charge on any atom is -0.367 e. The highest BCUT2D eigenvalue weighted by atomic mass is 16.1. The summed E-state index contributed by atoms with van der Waals surface area (Å²) in [5.41, 5.74) is 5.27. The largest absolute Gasteiger partial charge is 0.367 e. The number of nitrogens with one attached hydrogen (secondary N) is 1. The van der Waals surface area contributed by atoms with Crippen molar-refractivity contribution in [1.82, 2.24) is 20.1 Å². The number of anilines is 1. The molecule has 0 aromatic carbocycles. The number of aryl methyl sites for hydroxylation is 1. The van der Waals surface area contributed by atoms with E-state index in [1.807, 2.05) is 0 Å². The van der Waals surface area contributed by atoms with E-state index in [1.165, 1.54) is 11.0 Å². The van der Waals surface area contributed by atoms with Crippen LogP contribution in [0.25, 0.3) is 0 Å². The number of carbonyl (C=O) groups excluding carboxylic acids is 1. The van der Waals surface area contributed by atoms with Crippen molar-refractivity contribution >= 4 is 11.9 Å². The summed E-state index contributed by atoms with van der Waals surface area (Å²) >= 11 is 0. The van der Waals surface area contributed by atoms with Gasteiger partial charge in [-0.1, -0.05) is 0 Å². The van der Waals surface area contributed by atoms with Crippen molar-refractivity contribution in [1.29, 1.82) is 0 Å². The zero-order chi connectivity index (χ0) is 8.97. The van der Waals surface area contributed by atoms with E-state index in [0.29, 0.717) is 13.0 Å².